The van der Waals surface area contributed by atoms with E-state index in [-0.39, 0.29) is 11.7 Å². The summed E-state index contributed by atoms with van der Waals surface area (Å²) in [6.45, 7) is 0.844. The van der Waals surface area contributed by atoms with Crippen molar-refractivity contribution in [3.63, 3.8) is 0 Å². The number of hydrogen-bond acceptors (Lipinski definition) is 4. The molecule has 6 nitrogen and oxygen atoms in total. The van der Waals surface area contributed by atoms with Crippen LogP contribution in [0.1, 0.15) is 10.4 Å². The molecule has 2 aromatic carbocycles. The SMILES string of the molecule is CN(C)c1ccc(C(=O)NCCn2cc(-c3ccncc3)c(-c3ccccc3F)n2)cc1. The van der Waals surface area contributed by atoms with Crippen molar-refractivity contribution < 1.29 is 9.18 Å². The van der Waals surface area contributed by atoms with Crippen molar-refractivity contribution in [2.24, 2.45) is 0 Å². The first-order chi connectivity index (χ1) is 15.5. The zero-order valence-corrected chi connectivity index (χ0v) is 18.0. The normalized spacial score (nSPS) is 10.7. The number of carbonyl (C=O) groups is 1. The Morgan fingerprint density at radius 2 is 1.72 bits per heavy atom. The number of aromatic nitrogens is 3. The third-order valence-corrected chi connectivity index (χ3v) is 5.15. The van der Waals surface area contributed by atoms with Gasteiger partial charge in [0.25, 0.3) is 5.91 Å². The van der Waals surface area contributed by atoms with E-state index in [4.69, 9.17) is 0 Å². The highest BCUT2D eigenvalue weighted by atomic mass is 19.1. The number of carbonyl (C=O) groups excluding carboxylic acids is 1. The van der Waals surface area contributed by atoms with Gasteiger partial charge < -0.3 is 10.2 Å². The summed E-state index contributed by atoms with van der Waals surface area (Å²) in [6, 6.07) is 17.7. The summed E-state index contributed by atoms with van der Waals surface area (Å²) in [6.07, 6.45) is 5.26. The fourth-order valence-corrected chi connectivity index (χ4v) is 3.43. The molecular formula is C25H24FN5O. The summed E-state index contributed by atoms with van der Waals surface area (Å²) in [4.78, 5) is 18.5. The zero-order valence-electron chi connectivity index (χ0n) is 18.0. The van der Waals surface area contributed by atoms with E-state index in [0.717, 1.165) is 16.8 Å². The minimum Gasteiger partial charge on any atom is -0.378 e. The molecule has 0 saturated heterocycles. The van der Waals surface area contributed by atoms with Gasteiger partial charge in [-0.2, -0.15) is 5.10 Å². The Balaban J connectivity index is 1.50. The van der Waals surface area contributed by atoms with E-state index in [2.05, 4.69) is 15.4 Å². The van der Waals surface area contributed by atoms with Crippen molar-refractivity contribution in [3.8, 4) is 22.4 Å². The number of halogens is 1. The summed E-state index contributed by atoms with van der Waals surface area (Å²) >= 11 is 0. The highest BCUT2D eigenvalue weighted by Gasteiger charge is 2.16. The van der Waals surface area contributed by atoms with Gasteiger partial charge in [0.05, 0.1) is 6.54 Å². The van der Waals surface area contributed by atoms with Crippen LogP contribution in [0.15, 0.2) is 79.3 Å². The van der Waals surface area contributed by atoms with Crippen molar-refractivity contribution in [2.75, 3.05) is 25.5 Å². The predicted molar refractivity (Wildman–Crippen MR) is 124 cm³/mol. The third-order valence-electron chi connectivity index (χ3n) is 5.15. The second-order valence-corrected chi connectivity index (χ2v) is 7.57. The third kappa shape index (κ3) is 4.67. The van der Waals surface area contributed by atoms with Crippen molar-refractivity contribution in [1.29, 1.82) is 0 Å². The van der Waals surface area contributed by atoms with Gasteiger partial charge in [0.1, 0.15) is 11.5 Å². The fraction of sp³-hybridized carbons (Fsp3) is 0.160. The van der Waals surface area contributed by atoms with Crippen LogP contribution in [0.3, 0.4) is 0 Å². The van der Waals surface area contributed by atoms with Crippen LogP contribution >= 0.6 is 0 Å². The Kier molecular flexibility index (Phi) is 6.26. The number of hydrogen-bond donors (Lipinski definition) is 1. The molecule has 0 radical (unpaired) electrons. The molecule has 0 aliphatic carbocycles. The standard InChI is InChI=1S/C25H24FN5O/c1-30(2)20-9-7-19(8-10-20)25(32)28-15-16-31-17-22(18-11-13-27-14-12-18)24(29-31)21-5-3-4-6-23(21)26/h3-14,17H,15-16H2,1-2H3,(H,28,32). The Bertz CT molecular complexity index is 1200. The molecule has 162 valence electrons. The lowest BCUT2D eigenvalue weighted by atomic mass is 10.0. The van der Waals surface area contributed by atoms with E-state index in [1.54, 1.807) is 47.4 Å². The molecule has 0 aliphatic heterocycles. The summed E-state index contributed by atoms with van der Waals surface area (Å²) < 4.78 is 16.2. The average molecular weight is 429 g/mol. The van der Waals surface area contributed by atoms with Gasteiger partial charge in [0, 0.05) is 61.6 Å². The van der Waals surface area contributed by atoms with Crippen LogP contribution in [-0.2, 0) is 6.54 Å². The maximum Gasteiger partial charge on any atom is 0.251 e. The van der Waals surface area contributed by atoms with Gasteiger partial charge in [-0.15, -0.1) is 0 Å². The fourth-order valence-electron chi connectivity index (χ4n) is 3.43. The van der Waals surface area contributed by atoms with Gasteiger partial charge >= 0.3 is 0 Å². The van der Waals surface area contributed by atoms with Crippen molar-refractivity contribution in [1.82, 2.24) is 20.1 Å². The van der Waals surface area contributed by atoms with E-state index < -0.39 is 0 Å². The topological polar surface area (TPSA) is 63.1 Å². The van der Waals surface area contributed by atoms with Crippen LogP contribution in [0.25, 0.3) is 22.4 Å². The molecule has 2 aromatic heterocycles. The van der Waals surface area contributed by atoms with Crippen molar-refractivity contribution in [3.05, 3.63) is 90.6 Å². The highest BCUT2D eigenvalue weighted by Crippen LogP contribution is 2.32. The van der Waals surface area contributed by atoms with Gasteiger partial charge in [-0.3, -0.25) is 14.5 Å². The number of nitrogens with zero attached hydrogens (tertiary/aromatic N) is 4. The van der Waals surface area contributed by atoms with E-state index in [1.165, 1.54) is 6.07 Å². The van der Waals surface area contributed by atoms with Gasteiger partial charge in [0.2, 0.25) is 0 Å². The second kappa shape index (κ2) is 9.43. The lowest BCUT2D eigenvalue weighted by Gasteiger charge is -2.12. The quantitative estimate of drug-likeness (QED) is 0.477. The molecule has 32 heavy (non-hydrogen) atoms. The second-order valence-electron chi connectivity index (χ2n) is 7.57. The Morgan fingerprint density at radius 3 is 2.41 bits per heavy atom. The Hall–Kier alpha value is -4.00. The lowest BCUT2D eigenvalue weighted by Crippen LogP contribution is -2.27. The van der Waals surface area contributed by atoms with Gasteiger partial charge in [0.15, 0.2) is 0 Å². The van der Waals surface area contributed by atoms with Crippen molar-refractivity contribution in [2.45, 2.75) is 6.54 Å². The summed E-state index contributed by atoms with van der Waals surface area (Å²) in [5.74, 6) is -0.478. The number of benzene rings is 2. The Morgan fingerprint density at radius 1 is 1.00 bits per heavy atom. The molecule has 0 atom stereocenters. The summed E-state index contributed by atoms with van der Waals surface area (Å²) in [5, 5.41) is 7.54. The molecule has 0 aliphatic rings. The molecule has 4 rings (SSSR count). The first-order valence-corrected chi connectivity index (χ1v) is 10.3. The molecule has 4 aromatic rings. The van der Waals surface area contributed by atoms with Crippen LogP contribution in [0, 0.1) is 5.82 Å². The number of nitrogens with one attached hydrogen (secondary N) is 1. The number of amides is 1. The van der Waals surface area contributed by atoms with Gasteiger partial charge in [-0.05, 0) is 54.1 Å². The molecule has 0 unspecified atom stereocenters. The maximum atomic E-state index is 14.5. The van der Waals surface area contributed by atoms with Crippen LogP contribution in [0.4, 0.5) is 10.1 Å². The van der Waals surface area contributed by atoms with E-state index in [1.807, 2.05) is 49.5 Å². The number of rotatable bonds is 7. The smallest absolute Gasteiger partial charge is 0.251 e. The van der Waals surface area contributed by atoms with Crippen LogP contribution < -0.4 is 10.2 Å². The largest absolute Gasteiger partial charge is 0.378 e. The predicted octanol–water partition coefficient (Wildman–Crippen LogP) is 4.25. The molecule has 2 heterocycles. The number of anilines is 1. The van der Waals surface area contributed by atoms with Crippen LogP contribution in [-0.4, -0.2) is 41.3 Å². The van der Waals surface area contributed by atoms with E-state index >= 15 is 0 Å². The minimum absolute atomic E-state index is 0.147. The summed E-state index contributed by atoms with van der Waals surface area (Å²) in [5.41, 5.74) is 4.32. The Labute approximate surface area is 186 Å². The van der Waals surface area contributed by atoms with E-state index in [0.29, 0.717) is 29.9 Å². The molecule has 7 heteroatoms. The van der Waals surface area contributed by atoms with Crippen LogP contribution in [0.5, 0.6) is 0 Å². The van der Waals surface area contributed by atoms with E-state index in [9.17, 15) is 9.18 Å². The lowest BCUT2D eigenvalue weighted by molar-refractivity contribution is 0.0952. The maximum absolute atomic E-state index is 14.5. The first kappa shape index (κ1) is 21.2. The molecule has 0 spiro atoms. The molecular weight excluding hydrogens is 405 g/mol. The summed E-state index contributed by atoms with van der Waals surface area (Å²) in [7, 11) is 3.91. The minimum atomic E-state index is -0.331. The molecule has 0 fully saturated rings. The van der Waals surface area contributed by atoms with Gasteiger partial charge in [-0.25, -0.2) is 4.39 Å². The first-order valence-electron chi connectivity index (χ1n) is 10.3. The molecule has 0 bridgehead atoms. The van der Waals surface area contributed by atoms with Gasteiger partial charge in [-0.1, -0.05) is 12.1 Å². The molecule has 1 amide bonds. The zero-order chi connectivity index (χ0) is 22.5. The monoisotopic (exact) mass is 429 g/mol. The molecule has 1 N–H and O–H groups in total. The molecule has 0 saturated carbocycles. The van der Waals surface area contributed by atoms with Crippen LogP contribution in [0.2, 0.25) is 0 Å². The van der Waals surface area contributed by atoms with Crippen molar-refractivity contribution >= 4 is 11.6 Å². The number of pyridine rings is 1. The highest BCUT2D eigenvalue weighted by molar-refractivity contribution is 5.94. The average Bonchev–Trinajstić information content (AvgIpc) is 3.24.